The molecule has 1 saturated carbocycles. The van der Waals surface area contributed by atoms with Gasteiger partial charge in [-0.15, -0.1) is 0 Å². The molecule has 1 fully saturated rings. The third kappa shape index (κ3) is 3.17. The Hall–Kier alpha value is -0.890. The predicted octanol–water partition coefficient (Wildman–Crippen LogP) is 4.52. The molecule has 1 aromatic carbocycles. The van der Waals surface area contributed by atoms with E-state index in [1.807, 2.05) is 13.0 Å². The van der Waals surface area contributed by atoms with Crippen LogP contribution in [0, 0.1) is 24.6 Å². The molecule has 0 spiro atoms. The summed E-state index contributed by atoms with van der Waals surface area (Å²) in [4.78, 5) is 0. The van der Waals surface area contributed by atoms with Crippen molar-refractivity contribution in [1.82, 2.24) is 0 Å². The highest BCUT2D eigenvalue weighted by Crippen LogP contribution is 2.39. The van der Waals surface area contributed by atoms with Gasteiger partial charge in [-0.1, -0.05) is 32.8 Å². The molecule has 2 rings (SSSR count). The second-order valence-electron chi connectivity index (χ2n) is 6.55. The van der Waals surface area contributed by atoms with Crippen LogP contribution in [0.5, 0.6) is 0 Å². The molecule has 2 unspecified atom stereocenters. The molecule has 1 aliphatic rings. The fraction of sp³-hybridized carbons (Fsp3) is 0.647. The summed E-state index contributed by atoms with van der Waals surface area (Å²) in [6.45, 7) is 6.62. The van der Waals surface area contributed by atoms with Gasteiger partial charge in [0.1, 0.15) is 5.82 Å². The van der Waals surface area contributed by atoms with Crippen molar-refractivity contribution in [3.05, 3.63) is 35.1 Å². The second-order valence-corrected chi connectivity index (χ2v) is 6.55. The van der Waals surface area contributed by atoms with E-state index in [1.165, 1.54) is 12.5 Å². The number of rotatable bonds is 2. The molecule has 106 valence electrons. The molecule has 0 amide bonds. The molecule has 0 saturated heterocycles. The van der Waals surface area contributed by atoms with E-state index in [0.29, 0.717) is 0 Å². The van der Waals surface area contributed by atoms with Crippen LogP contribution in [0.25, 0.3) is 0 Å². The van der Waals surface area contributed by atoms with Gasteiger partial charge in [0.2, 0.25) is 0 Å². The number of aryl methyl sites for hydroxylation is 1. The van der Waals surface area contributed by atoms with E-state index >= 15 is 0 Å². The molecule has 0 radical (unpaired) electrons. The zero-order valence-electron chi connectivity index (χ0n) is 12.4. The van der Waals surface area contributed by atoms with E-state index < -0.39 is 0 Å². The van der Waals surface area contributed by atoms with Gasteiger partial charge in [-0.2, -0.15) is 0 Å². The Balaban J connectivity index is 2.25. The van der Waals surface area contributed by atoms with Crippen LogP contribution in [0.4, 0.5) is 4.39 Å². The van der Waals surface area contributed by atoms with Gasteiger partial charge >= 0.3 is 0 Å². The van der Waals surface area contributed by atoms with Crippen molar-refractivity contribution in [2.45, 2.75) is 58.4 Å². The molecule has 1 nitrogen and oxygen atoms in total. The minimum absolute atomic E-state index is 0.171. The normalized spacial score (nSPS) is 28.4. The third-order valence-corrected chi connectivity index (χ3v) is 4.84. The molecule has 2 N–H and O–H groups in total. The number of benzene rings is 1. The molecule has 2 atom stereocenters. The quantitative estimate of drug-likeness (QED) is 0.780. The topological polar surface area (TPSA) is 26.0 Å². The molecule has 0 aromatic heterocycles. The zero-order chi connectivity index (χ0) is 14.0. The first kappa shape index (κ1) is 14.5. The van der Waals surface area contributed by atoms with Gasteiger partial charge in [-0.3, -0.25) is 0 Å². The summed E-state index contributed by atoms with van der Waals surface area (Å²) in [5.74, 6) is 1.31. The Kier molecular flexibility index (Phi) is 4.29. The Morgan fingerprint density at radius 3 is 2.68 bits per heavy atom. The summed E-state index contributed by atoms with van der Waals surface area (Å²) in [6.07, 6.45) is 5.51. The summed E-state index contributed by atoms with van der Waals surface area (Å²) in [6, 6.07) is 5.02. The van der Waals surface area contributed by atoms with Crippen LogP contribution in [-0.2, 0) is 5.54 Å². The SMILES string of the molecule is Cc1ccc(F)cc1C1(N)CCCC(C(C)C)CC1. The van der Waals surface area contributed by atoms with E-state index in [9.17, 15) is 4.39 Å². The first-order chi connectivity index (χ1) is 8.92. The largest absolute Gasteiger partial charge is 0.321 e. The molecule has 0 bridgehead atoms. The predicted molar refractivity (Wildman–Crippen MR) is 78.4 cm³/mol. The van der Waals surface area contributed by atoms with Crippen LogP contribution in [-0.4, -0.2) is 0 Å². The van der Waals surface area contributed by atoms with Crippen LogP contribution >= 0.6 is 0 Å². The van der Waals surface area contributed by atoms with Gasteiger partial charge < -0.3 is 5.73 Å². The molecule has 0 aliphatic heterocycles. The molecule has 1 aliphatic carbocycles. The fourth-order valence-electron chi connectivity index (χ4n) is 3.46. The van der Waals surface area contributed by atoms with Crippen molar-refractivity contribution in [2.24, 2.45) is 17.6 Å². The molecular formula is C17H26FN. The molecular weight excluding hydrogens is 237 g/mol. The second kappa shape index (κ2) is 5.62. The summed E-state index contributed by atoms with van der Waals surface area (Å²) >= 11 is 0. The van der Waals surface area contributed by atoms with Gasteiger partial charge in [-0.25, -0.2) is 4.39 Å². The van der Waals surface area contributed by atoms with Gasteiger partial charge in [0.15, 0.2) is 0 Å². The Bertz CT molecular complexity index is 441. The average molecular weight is 263 g/mol. The number of halogens is 1. The van der Waals surface area contributed by atoms with E-state index in [4.69, 9.17) is 5.73 Å². The maximum Gasteiger partial charge on any atom is 0.123 e. The van der Waals surface area contributed by atoms with Crippen LogP contribution < -0.4 is 5.73 Å². The maximum atomic E-state index is 13.5. The molecule has 0 heterocycles. The standard InChI is InChI=1S/C17H26FN/c1-12(2)14-5-4-9-17(19,10-8-14)16-11-15(18)7-6-13(16)3/h6-7,11-12,14H,4-5,8-10,19H2,1-3H3. The average Bonchev–Trinajstić information content (AvgIpc) is 2.55. The van der Waals surface area contributed by atoms with Crippen LogP contribution in [0.3, 0.4) is 0 Å². The van der Waals surface area contributed by atoms with E-state index in [1.54, 1.807) is 6.07 Å². The molecule has 2 heteroatoms. The summed E-state index contributed by atoms with van der Waals surface area (Å²) in [5.41, 5.74) is 8.44. The zero-order valence-corrected chi connectivity index (χ0v) is 12.4. The van der Waals surface area contributed by atoms with Crippen molar-refractivity contribution in [3.63, 3.8) is 0 Å². The van der Waals surface area contributed by atoms with Crippen molar-refractivity contribution >= 4 is 0 Å². The minimum Gasteiger partial charge on any atom is -0.321 e. The lowest BCUT2D eigenvalue weighted by molar-refractivity contribution is 0.324. The lowest BCUT2D eigenvalue weighted by atomic mass is 9.80. The third-order valence-electron chi connectivity index (χ3n) is 4.84. The Morgan fingerprint density at radius 1 is 1.26 bits per heavy atom. The highest BCUT2D eigenvalue weighted by atomic mass is 19.1. The monoisotopic (exact) mass is 263 g/mol. The highest BCUT2D eigenvalue weighted by Gasteiger charge is 2.33. The minimum atomic E-state index is -0.337. The van der Waals surface area contributed by atoms with Crippen molar-refractivity contribution in [1.29, 1.82) is 0 Å². The molecule has 1 aromatic rings. The highest BCUT2D eigenvalue weighted by molar-refractivity contribution is 5.33. The van der Waals surface area contributed by atoms with E-state index in [0.717, 1.165) is 48.6 Å². The number of hydrogen-bond donors (Lipinski definition) is 1. The van der Waals surface area contributed by atoms with Gasteiger partial charge in [0, 0.05) is 5.54 Å². The van der Waals surface area contributed by atoms with Crippen LogP contribution in [0.15, 0.2) is 18.2 Å². The van der Waals surface area contributed by atoms with Gasteiger partial charge in [0.05, 0.1) is 0 Å². The number of nitrogens with two attached hydrogens (primary N) is 1. The first-order valence-corrected chi connectivity index (χ1v) is 7.48. The number of hydrogen-bond acceptors (Lipinski definition) is 1. The summed E-state index contributed by atoms with van der Waals surface area (Å²) in [5, 5.41) is 0. The smallest absolute Gasteiger partial charge is 0.123 e. The van der Waals surface area contributed by atoms with Crippen molar-refractivity contribution < 1.29 is 4.39 Å². The summed E-state index contributed by atoms with van der Waals surface area (Å²) < 4.78 is 13.5. The van der Waals surface area contributed by atoms with Crippen molar-refractivity contribution in [2.75, 3.05) is 0 Å². The Labute approximate surface area is 116 Å². The Morgan fingerprint density at radius 2 is 2.00 bits per heavy atom. The van der Waals surface area contributed by atoms with Gasteiger partial charge in [-0.05, 0) is 61.3 Å². The van der Waals surface area contributed by atoms with E-state index in [-0.39, 0.29) is 11.4 Å². The lowest BCUT2D eigenvalue weighted by Crippen LogP contribution is -2.37. The van der Waals surface area contributed by atoms with Crippen LogP contribution in [0.2, 0.25) is 0 Å². The van der Waals surface area contributed by atoms with Crippen molar-refractivity contribution in [3.8, 4) is 0 Å². The van der Waals surface area contributed by atoms with Crippen LogP contribution in [0.1, 0.15) is 57.1 Å². The lowest BCUT2D eigenvalue weighted by Gasteiger charge is -2.30. The maximum absolute atomic E-state index is 13.5. The summed E-state index contributed by atoms with van der Waals surface area (Å²) in [7, 11) is 0. The van der Waals surface area contributed by atoms with E-state index in [2.05, 4.69) is 13.8 Å². The fourth-order valence-corrected chi connectivity index (χ4v) is 3.46. The molecule has 19 heavy (non-hydrogen) atoms. The first-order valence-electron chi connectivity index (χ1n) is 7.48. The van der Waals surface area contributed by atoms with Gasteiger partial charge in [0.25, 0.3) is 0 Å².